The van der Waals surface area contributed by atoms with E-state index >= 15 is 0 Å². The summed E-state index contributed by atoms with van der Waals surface area (Å²) in [5.74, 6) is 0. The van der Waals surface area contributed by atoms with Crippen molar-refractivity contribution in [2.24, 2.45) is 0 Å². The standard InChI is InChI=1S/C9H9BrClF/c10-6-9(12)5-7-1-3-8(11)4-2-7/h1-4,9H,5-6H2/t9-/m1/s1. The fourth-order valence-corrected chi connectivity index (χ4v) is 1.29. The Balaban J connectivity index is 2.58. The summed E-state index contributed by atoms with van der Waals surface area (Å²) < 4.78 is 12.8. The van der Waals surface area contributed by atoms with E-state index in [0.717, 1.165) is 5.56 Å². The molecule has 0 radical (unpaired) electrons. The van der Waals surface area contributed by atoms with Crippen molar-refractivity contribution in [2.45, 2.75) is 12.6 Å². The SMILES string of the molecule is F[C@@H](CBr)Cc1ccc(Cl)cc1. The van der Waals surface area contributed by atoms with Gasteiger partial charge < -0.3 is 0 Å². The third-order valence-electron chi connectivity index (χ3n) is 1.54. The molecule has 0 aromatic heterocycles. The van der Waals surface area contributed by atoms with Crippen LogP contribution in [0.4, 0.5) is 4.39 Å². The molecule has 3 heteroatoms. The normalized spacial score (nSPS) is 12.9. The fraction of sp³-hybridized carbons (Fsp3) is 0.333. The molecule has 0 saturated heterocycles. The Morgan fingerprint density at radius 3 is 2.42 bits per heavy atom. The molecule has 0 aliphatic heterocycles. The number of benzene rings is 1. The zero-order chi connectivity index (χ0) is 8.97. The molecule has 0 saturated carbocycles. The Morgan fingerprint density at radius 2 is 1.92 bits per heavy atom. The molecule has 1 aromatic carbocycles. The third-order valence-corrected chi connectivity index (χ3v) is 2.49. The highest BCUT2D eigenvalue weighted by Gasteiger charge is 2.04. The van der Waals surface area contributed by atoms with Gasteiger partial charge in [-0.15, -0.1) is 0 Å². The minimum Gasteiger partial charge on any atom is -0.246 e. The maximum Gasteiger partial charge on any atom is 0.114 e. The van der Waals surface area contributed by atoms with Crippen LogP contribution in [0.5, 0.6) is 0 Å². The molecule has 0 amide bonds. The van der Waals surface area contributed by atoms with Gasteiger partial charge in [0.15, 0.2) is 0 Å². The molecule has 0 aliphatic carbocycles. The van der Waals surface area contributed by atoms with Gasteiger partial charge in [-0.3, -0.25) is 0 Å². The van der Waals surface area contributed by atoms with Crippen LogP contribution in [0.1, 0.15) is 5.56 Å². The van der Waals surface area contributed by atoms with Crippen molar-refractivity contribution in [1.82, 2.24) is 0 Å². The van der Waals surface area contributed by atoms with Crippen molar-refractivity contribution in [3.8, 4) is 0 Å². The molecule has 1 rings (SSSR count). The summed E-state index contributed by atoms with van der Waals surface area (Å²) in [5.41, 5.74) is 0.978. The molecule has 0 spiro atoms. The highest BCUT2D eigenvalue weighted by Crippen LogP contribution is 2.12. The molecule has 0 N–H and O–H groups in total. The number of halogens is 3. The van der Waals surface area contributed by atoms with Crippen molar-refractivity contribution in [3.05, 3.63) is 34.9 Å². The van der Waals surface area contributed by atoms with E-state index in [1.165, 1.54) is 0 Å². The van der Waals surface area contributed by atoms with Gasteiger partial charge in [0.05, 0.1) is 0 Å². The Hall–Kier alpha value is -0.0800. The van der Waals surface area contributed by atoms with Gasteiger partial charge in [-0.05, 0) is 17.7 Å². The average Bonchev–Trinajstić information content (AvgIpc) is 2.09. The van der Waals surface area contributed by atoms with Crippen LogP contribution in [0.25, 0.3) is 0 Å². The van der Waals surface area contributed by atoms with Crippen molar-refractivity contribution in [2.75, 3.05) is 5.33 Å². The van der Waals surface area contributed by atoms with E-state index < -0.39 is 6.17 Å². The molecule has 12 heavy (non-hydrogen) atoms. The van der Waals surface area contributed by atoms with Crippen LogP contribution in [-0.2, 0) is 6.42 Å². The van der Waals surface area contributed by atoms with Gasteiger partial charge >= 0.3 is 0 Å². The predicted molar refractivity (Wildman–Crippen MR) is 53.8 cm³/mol. The number of hydrogen-bond acceptors (Lipinski definition) is 0. The lowest BCUT2D eigenvalue weighted by Gasteiger charge is -2.03. The monoisotopic (exact) mass is 250 g/mol. The van der Waals surface area contributed by atoms with Gasteiger partial charge in [0.25, 0.3) is 0 Å². The van der Waals surface area contributed by atoms with E-state index in [0.29, 0.717) is 16.8 Å². The van der Waals surface area contributed by atoms with Gasteiger partial charge in [-0.1, -0.05) is 39.7 Å². The van der Waals surface area contributed by atoms with Crippen LogP contribution in [0.15, 0.2) is 24.3 Å². The minimum atomic E-state index is -0.814. The first-order valence-corrected chi connectivity index (χ1v) is 5.17. The van der Waals surface area contributed by atoms with Crippen LogP contribution in [-0.4, -0.2) is 11.5 Å². The van der Waals surface area contributed by atoms with Gasteiger partial charge in [-0.25, -0.2) is 4.39 Å². The molecule has 0 aliphatic rings. The molecule has 0 bridgehead atoms. The average molecular weight is 252 g/mol. The second-order valence-electron chi connectivity index (χ2n) is 2.58. The lowest BCUT2D eigenvalue weighted by Crippen LogP contribution is -2.05. The Morgan fingerprint density at radius 1 is 1.33 bits per heavy atom. The summed E-state index contributed by atoms with van der Waals surface area (Å²) in [6, 6.07) is 7.24. The van der Waals surface area contributed by atoms with Crippen LogP contribution in [0.3, 0.4) is 0 Å². The molecule has 1 aromatic rings. The summed E-state index contributed by atoms with van der Waals surface area (Å²) in [6.07, 6.45) is -0.367. The summed E-state index contributed by atoms with van der Waals surface area (Å²) in [5, 5.41) is 1.07. The Labute approximate surface area is 84.9 Å². The molecular weight excluding hydrogens is 242 g/mol. The lowest BCUT2D eigenvalue weighted by atomic mass is 10.1. The molecular formula is C9H9BrClF. The molecule has 1 atom stereocenters. The van der Waals surface area contributed by atoms with Crippen LogP contribution >= 0.6 is 27.5 Å². The topological polar surface area (TPSA) is 0 Å². The first-order chi connectivity index (χ1) is 5.72. The second-order valence-corrected chi connectivity index (χ2v) is 3.67. The summed E-state index contributed by atoms with van der Waals surface area (Å²) in [7, 11) is 0. The van der Waals surface area contributed by atoms with Gasteiger partial charge in [0.2, 0.25) is 0 Å². The van der Waals surface area contributed by atoms with Gasteiger partial charge in [-0.2, -0.15) is 0 Å². The highest BCUT2D eigenvalue weighted by atomic mass is 79.9. The van der Waals surface area contributed by atoms with Crippen molar-refractivity contribution in [1.29, 1.82) is 0 Å². The van der Waals surface area contributed by atoms with Gasteiger partial charge in [0.1, 0.15) is 6.17 Å². The Bertz CT molecular complexity index is 235. The van der Waals surface area contributed by atoms with Gasteiger partial charge in [0, 0.05) is 16.8 Å². The summed E-state index contributed by atoms with van der Waals surface area (Å²) in [6.45, 7) is 0. The summed E-state index contributed by atoms with van der Waals surface area (Å²) >= 11 is 8.76. The smallest absolute Gasteiger partial charge is 0.114 e. The predicted octanol–water partition coefficient (Wildman–Crippen LogP) is 3.62. The zero-order valence-corrected chi connectivity index (χ0v) is 8.78. The second kappa shape index (κ2) is 4.83. The van der Waals surface area contributed by atoms with E-state index in [1.54, 1.807) is 12.1 Å². The largest absolute Gasteiger partial charge is 0.246 e. The first-order valence-electron chi connectivity index (χ1n) is 3.67. The maximum absolute atomic E-state index is 12.8. The van der Waals surface area contributed by atoms with E-state index in [1.807, 2.05) is 12.1 Å². The van der Waals surface area contributed by atoms with E-state index in [4.69, 9.17) is 11.6 Å². The zero-order valence-electron chi connectivity index (χ0n) is 6.43. The molecule has 0 nitrogen and oxygen atoms in total. The highest BCUT2D eigenvalue weighted by molar-refractivity contribution is 9.09. The van der Waals surface area contributed by atoms with E-state index in [9.17, 15) is 4.39 Å². The number of hydrogen-bond donors (Lipinski definition) is 0. The molecule has 0 fully saturated rings. The fourth-order valence-electron chi connectivity index (χ4n) is 0.931. The van der Waals surface area contributed by atoms with Crippen molar-refractivity contribution < 1.29 is 4.39 Å². The van der Waals surface area contributed by atoms with Crippen LogP contribution in [0, 0.1) is 0 Å². The summed E-state index contributed by atoms with van der Waals surface area (Å²) in [4.78, 5) is 0. The quantitative estimate of drug-likeness (QED) is 0.720. The van der Waals surface area contributed by atoms with Crippen molar-refractivity contribution >= 4 is 27.5 Å². The molecule has 0 unspecified atom stereocenters. The van der Waals surface area contributed by atoms with Crippen LogP contribution in [0.2, 0.25) is 5.02 Å². The van der Waals surface area contributed by atoms with E-state index in [2.05, 4.69) is 15.9 Å². The maximum atomic E-state index is 12.8. The van der Waals surface area contributed by atoms with Crippen molar-refractivity contribution in [3.63, 3.8) is 0 Å². The first kappa shape index (κ1) is 10.0. The van der Waals surface area contributed by atoms with E-state index in [-0.39, 0.29) is 0 Å². The molecule has 66 valence electrons. The Kier molecular flexibility index (Phi) is 4.02. The number of alkyl halides is 2. The lowest BCUT2D eigenvalue weighted by molar-refractivity contribution is 0.368. The minimum absolute atomic E-state index is 0.385. The third kappa shape index (κ3) is 3.11. The van der Waals surface area contributed by atoms with Crippen LogP contribution < -0.4 is 0 Å². The number of rotatable bonds is 3. The molecule has 0 heterocycles.